The molecule has 41 heavy (non-hydrogen) atoms. The Morgan fingerprint density at radius 2 is 1.90 bits per heavy atom. The standard InChI is InChI=1S/C30H34F2N2O6S/c1-15-21(18-10-11-20-26(25(18)32)33-12-13-39-20)23(28(29(35)36)40-30(3,4)5)16(2)27-22(15)24-17(8-7-9-19(24)31)14-34(27)41(6,37)38/h7-9,11,18,28,33H,10,12-14H2,1-6H3,(H,35,36)/t18?,28-/m0/s1. The molecule has 2 aromatic rings. The Kier molecular flexibility index (Phi) is 7.18. The molecule has 0 radical (unpaired) electrons. The van der Waals surface area contributed by atoms with Crippen molar-refractivity contribution in [3.63, 3.8) is 0 Å². The molecule has 1 fully saturated rings. The number of nitrogens with one attached hydrogen (secondary N) is 1. The Morgan fingerprint density at radius 3 is 2.54 bits per heavy atom. The number of rotatable bonds is 5. The molecule has 2 aromatic carbocycles. The maximum absolute atomic E-state index is 16.4. The van der Waals surface area contributed by atoms with E-state index >= 15 is 8.78 Å². The lowest BCUT2D eigenvalue weighted by Gasteiger charge is -2.39. The normalized spacial score (nSPS) is 19.4. The number of carboxylic acids is 1. The largest absolute Gasteiger partial charge is 0.490 e. The van der Waals surface area contributed by atoms with E-state index in [1.165, 1.54) is 16.4 Å². The molecule has 0 amide bonds. The number of carboxylic acid groups (broad SMARTS) is 1. The van der Waals surface area contributed by atoms with Crippen LogP contribution in [0.2, 0.25) is 0 Å². The Labute approximate surface area is 238 Å². The van der Waals surface area contributed by atoms with Gasteiger partial charge in [0, 0.05) is 29.2 Å². The van der Waals surface area contributed by atoms with Crippen molar-refractivity contribution in [1.82, 2.24) is 5.32 Å². The SMILES string of the molecule is Cc1c2c(c(C)c([C@H](OC(C)(C)C)C(=O)O)c1C1CC=C3OCCNC3=C1F)N(S(C)(=O)=O)Cc1cccc(F)c1-2. The molecule has 1 unspecified atom stereocenters. The van der Waals surface area contributed by atoms with Crippen LogP contribution in [0.1, 0.15) is 67.0 Å². The van der Waals surface area contributed by atoms with Gasteiger partial charge in [-0.1, -0.05) is 12.1 Å². The van der Waals surface area contributed by atoms with E-state index in [1.807, 2.05) is 0 Å². The molecular weight excluding hydrogens is 554 g/mol. The van der Waals surface area contributed by atoms with Gasteiger partial charge in [-0.25, -0.2) is 22.0 Å². The zero-order chi connectivity index (χ0) is 30.0. The smallest absolute Gasteiger partial charge is 0.337 e. The molecule has 8 nitrogen and oxygen atoms in total. The van der Waals surface area contributed by atoms with Crippen molar-refractivity contribution in [2.24, 2.45) is 0 Å². The third-order valence-electron chi connectivity index (χ3n) is 7.68. The van der Waals surface area contributed by atoms with Crippen LogP contribution in [-0.4, -0.2) is 44.5 Å². The highest BCUT2D eigenvalue weighted by Gasteiger charge is 2.42. The molecule has 3 aliphatic rings. The van der Waals surface area contributed by atoms with E-state index in [9.17, 15) is 18.3 Å². The summed E-state index contributed by atoms with van der Waals surface area (Å²) >= 11 is 0. The highest BCUT2D eigenvalue weighted by molar-refractivity contribution is 7.92. The summed E-state index contributed by atoms with van der Waals surface area (Å²) in [5, 5.41) is 13.5. The first-order valence-corrected chi connectivity index (χ1v) is 15.3. The highest BCUT2D eigenvalue weighted by Crippen LogP contribution is 2.53. The summed E-state index contributed by atoms with van der Waals surface area (Å²) in [5.74, 6) is -2.95. The van der Waals surface area contributed by atoms with E-state index in [0.29, 0.717) is 41.2 Å². The number of carbonyl (C=O) groups is 1. The summed E-state index contributed by atoms with van der Waals surface area (Å²) in [5.41, 5.74) is 1.57. The Balaban J connectivity index is 1.92. The molecule has 2 atom stereocenters. The fourth-order valence-corrected chi connectivity index (χ4v) is 7.06. The van der Waals surface area contributed by atoms with Gasteiger partial charge in [0.15, 0.2) is 6.10 Å². The molecule has 5 rings (SSSR count). The van der Waals surface area contributed by atoms with E-state index in [0.717, 1.165) is 6.26 Å². The van der Waals surface area contributed by atoms with Gasteiger partial charge in [-0.15, -0.1) is 0 Å². The van der Waals surface area contributed by atoms with Crippen molar-refractivity contribution in [2.75, 3.05) is 23.7 Å². The quantitative estimate of drug-likeness (QED) is 0.475. The maximum Gasteiger partial charge on any atom is 0.337 e. The van der Waals surface area contributed by atoms with Gasteiger partial charge >= 0.3 is 5.97 Å². The second-order valence-corrected chi connectivity index (χ2v) is 13.6. The van der Waals surface area contributed by atoms with Crippen LogP contribution in [0, 0.1) is 19.7 Å². The fourth-order valence-electron chi connectivity index (χ4n) is 6.13. The van der Waals surface area contributed by atoms with Crippen LogP contribution in [-0.2, 0) is 30.8 Å². The summed E-state index contributed by atoms with van der Waals surface area (Å²) in [6.07, 6.45) is 1.40. The van der Waals surface area contributed by atoms with Gasteiger partial charge in [0.1, 0.15) is 29.7 Å². The number of fused-ring (bicyclic) bond motifs is 4. The highest BCUT2D eigenvalue weighted by atomic mass is 32.2. The van der Waals surface area contributed by atoms with Crippen LogP contribution in [0.5, 0.6) is 0 Å². The molecule has 11 heteroatoms. The number of nitrogens with zero attached hydrogens (tertiary/aromatic N) is 1. The number of morpholine rings is 1. The minimum atomic E-state index is -3.89. The van der Waals surface area contributed by atoms with Crippen LogP contribution < -0.4 is 9.62 Å². The molecule has 1 saturated heterocycles. The van der Waals surface area contributed by atoms with Crippen molar-refractivity contribution in [1.29, 1.82) is 0 Å². The number of ether oxygens (including phenoxy) is 2. The van der Waals surface area contributed by atoms with Crippen LogP contribution in [0.15, 0.2) is 41.6 Å². The summed E-state index contributed by atoms with van der Waals surface area (Å²) in [6.45, 7) is 9.03. The zero-order valence-electron chi connectivity index (χ0n) is 23.9. The monoisotopic (exact) mass is 588 g/mol. The number of hydrogen-bond donors (Lipinski definition) is 2. The zero-order valence-corrected chi connectivity index (χ0v) is 24.7. The van der Waals surface area contributed by atoms with E-state index in [4.69, 9.17) is 9.47 Å². The van der Waals surface area contributed by atoms with E-state index in [-0.39, 0.29) is 41.0 Å². The van der Waals surface area contributed by atoms with Gasteiger partial charge in [0.05, 0.1) is 24.1 Å². The van der Waals surface area contributed by atoms with Crippen LogP contribution >= 0.6 is 0 Å². The number of aliphatic carboxylic acids is 1. The van der Waals surface area contributed by atoms with Crippen LogP contribution in [0.25, 0.3) is 11.1 Å². The number of benzene rings is 2. The second kappa shape index (κ2) is 10.1. The topological polar surface area (TPSA) is 105 Å². The number of allylic oxidation sites excluding steroid dienone is 2. The van der Waals surface area contributed by atoms with E-state index < -0.39 is 45.3 Å². The average molecular weight is 589 g/mol. The predicted molar refractivity (Wildman–Crippen MR) is 151 cm³/mol. The lowest BCUT2D eigenvalue weighted by molar-refractivity contribution is -0.160. The molecule has 0 aromatic heterocycles. The van der Waals surface area contributed by atoms with Gasteiger partial charge < -0.3 is 19.9 Å². The van der Waals surface area contributed by atoms with Gasteiger partial charge in [-0.05, 0) is 75.4 Å². The third kappa shape index (κ3) is 4.99. The minimum Gasteiger partial charge on any atom is -0.490 e. The predicted octanol–water partition coefficient (Wildman–Crippen LogP) is 5.50. The number of anilines is 1. The first kappa shape index (κ1) is 29.1. The lowest BCUT2D eigenvalue weighted by Crippen LogP contribution is -2.36. The minimum absolute atomic E-state index is 0.134. The second-order valence-electron chi connectivity index (χ2n) is 11.6. The molecule has 220 valence electrons. The molecule has 0 spiro atoms. The molecule has 2 N–H and O–H groups in total. The molecule has 2 aliphatic heterocycles. The molecule has 2 heterocycles. The molecule has 0 saturated carbocycles. The van der Waals surface area contributed by atoms with E-state index in [2.05, 4.69) is 5.32 Å². The Hall–Kier alpha value is -3.44. The van der Waals surface area contributed by atoms with Crippen molar-refractivity contribution >= 4 is 21.7 Å². The average Bonchev–Trinajstić information content (AvgIpc) is 2.88. The van der Waals surface area contributed by atoms with E-state index in [1.54, 1.807) is 46.8 Å². The number of sulfonamides is 1. The van der Waals surface area contributed by atoms with Gasteiger partial charge in [0.2, 0.25) is 10.0 Å². The fraction of sp³-hybridized carbons (Fsp3) is 0.433. The Bertz CT molecular complexity index is 1620. The summed E-state index contributed by atoms with van der Waals surface area (Å²) in [4.78, 5) is 12.8. The number of halogens is 2. The van der Waals surface area contributed by atoms with Crippen molar-refractivity contribution in [3.8, 4) is 11.1 Å². The third-order valence-corrected chi connectivity index (χ3v) is 8.79. The Morgan fingerprint density at radius 1 is 1.20 bits per heavy atom. The summed E-state index contributed by atoms with van der Waals surface area (Å²) < 4.78 is 71.1. The number of hydrogen-bond acceptors (Lipinski definition) is 6. The van der Waals surface area contributed by atoms with Gasteiger partial charge in [0.25, 0.3) is 0 Å². The van der Waals surface area contributed by atoms with Crippen LogP contribution in [0.4, 0.5) is 14.5 Å². The first-order valence-electron chi connectivity index (χ1n) is 13.4. The lowest BCUT2D eigenvalue weighted by atomic mass is 9.76. The van der Waals surface area contributed by atoms with Gasteiger partial charge in [-0.3, -0.25) is 4.31 Å². The summed E-state index contributed by atoms with van der Waals surface area (Å²) in [7, 11) is -3.89. The summed E-state index contributed by atoms with van der Waals surface area (Å²) in [6, 6.07) is 4.47. The van der Waals surface area contributed by atoms with Crippen LogP contribution in [0.3, 0.4) is 0 Å². The molecular formula is C30H34F2N2O6S. The van der Waals surface area contributed by atoms with Crippen molar-refractivity contribution in [3.05, 3.63) is 75.2 Å². The van der Waals surface area contributed by atoms with Crippen molar-refractivity contribution in [2.45, 2.75) is 65.2 Å². The maximum atomic E-state index is 16.4. The first-order chi connectivity index (χ1) is 19.1. The molecule has 1 aliphatic carbocycles. The van der Waals surface area contributed by atoms with Crippen molar-refractivity contribution < 1.29 is 36.6 Å². The molecule has 0 bridgehead atoms. The van der Waals surface area contributed by atoms with Gasteiger partial charge in [-0.2, -0.15) is 0 Å².